The molecular weight excluding hydrogens is 232 g/mol. The number of carbonyl (C=O) groups is 1. The fraction of sp³-hybridized carbons (Fsp3) is 0.923. The minimum absolute atomic E-state index is 0.161. The Hall–Kier alpha value is -0.220. The summed E-state index contributed by atoms with van der Waals surface area (Å²) in [4.78, 5) is 14.3. The van der Waals surface area contributed by atoms with Crippen molar-refractivity contribution in [3.8, 4) is 0 Å². The molecule has 0 aromatic heterocycles. The molecule has 0 radical (unpaired) electrons. The third kappa shape index (κ3) is 4.51. The summed E-state index contributed by atoms with van der Waals surface area (Å²) in [6.07, 6.45) is 9.01. The number of hydrogen-bond donors (Lipinski definition) is 1. The molecule has 3 nitrogen and oxygen atoms in total. The number of likely N-dealkylation sites (N-methyl/N-ethyl adjacent to an activating group) is 1. The maximum atomic E-state index is 12.3. The molecule has 1 fully saturated rings. The van der Waals surface area contributed by atoms with Gasteiger partial charge in [-0.3, -0.25) is 4.79 Å². The number of nitrogens with two attached hydrogens (primary N) is 1. The van der Waals surface area contributed by atoms with E-state index in [1.54, 1.807) is 11.8 Å². The van der Waals surface area contributed by atoms with E-state index < -0.39 is 0 Å². The van der Waals surface area contributed by atoms with Crippen LogP contribution in [-0.4, -0.2) is 41.4 Å². The Balaban J connectivity index is 2.49. The standard InChI is InChI=1S/C13H26N2OS/c1-3-15(11-7-5-4-6-8-11)13(16)12(14)9-10-17-2/h11-12H,3-10,14H2,1-2H3/t12-/m1/s1. The monoisotopic (exact) mass is 258 g/mol. The second-order valence-corrected chi connectivity index (χ2v) is 5.79. The van der Waals surface area contributed by atoms with Gasteiger partial charge in [0.15, 0.2) is 0 Å². The maximum Gasteiger partial charge on any atom is 0.239 e. The Kier molecular flexibility index (Phi) is 6.97. The zero-order valence-electron chi connectivity index (χ0n) is 11.2. The molecule has 1 aliphatic rings. The van der Waals surface area contributed by atoms with Gasteiger partial charge in [0.05, 0.1) is 6.04 Å². The Morgan fingerprint density at radius 2 is 2.06 bits per heavy atom. The van der Waals surface area contributed by atoms with Crippen LogP contribution in [0, 0.1) is 0 Å². The first-order valence-electron chi connectivity index (χ1n) is 6.75. The highest BCUT2D eigenvalue weighted by atomic mass is 32.2. The number of hydrogen-bond acceptors (Lipinski definition) is 3. The second kappa shape index (κ2) is 7.98. The molecule has 0 heterocycles. The fourth-order valence-corrected chi connectivity index (χ4v) is 3.06. The van der Waals surface area contributed by atoms with Crippen molar-refractivity contribution in [3.05, 3.63) is 0 Å². The van der Waals surface area contributed by atoms with Crippen molar-refractivity contribution in [3.63, 3.8) is 0 Å². The first-order chi connectivity index (χ1) is 8.20. The highest BCUT2D eigenvalue weighted by Crippen LogP contribution is 2.23. The lowest BCUT2D eigenvalue weighted by atomic mass is 9.93. The van der Waals surface area contributed by atoms with Gasteiger partial charge in [0.25, 0.3) is 0 Å². The number of nitrogens with zero attached hydrogens (tertiary/aromatic N) is 1. The number of thioether (sulfide) groups is 1. The Morgan fingerprint density at radius 3 is 2.59 bits per heavy atom. The number of carbonyl (C=O) groups excluding carboxylic acids is 1. The van der Waals surface area contributed by atoms with E-state index in [-0.39, 0.29) is 11.9 Å². The van der Waals surface area contributed by atoms with Gasteiger partial charge < -0.3 is 10.6 Å². The molecule has 4 heteroatoms. The van der Waals surface area contributed by atoms with E-state index in [2.05, 4.69) is 13.2 Å². The second-order valence-electron chi connectivity index (χ2n) is 4.80. The van der Waals surface area contributed by atoms with E-state index >= 15 is 0 Å². The van der Waals surface area contributed by atoms with Crippen LogP contribution in [0.15, 0.2) is 0 Å². The average molecular weight is 258 g/mol. The van der Waals surface area contributed by atoms with Gasteiger partial charge in [0.2, 0.25) is 5.91 Å². The van der Waals surface area contributed by atoms with Crippen molar-refractivity contribution in [2.75, 3.05) is 18.6 Å². The molecule has 17 heavy (non-hydrogen) atoms. The van der Waals surface area contributed by atoms with Gasteiger partial charge in [0, 0.05) is 12.6 Å². The highest BCUT2D eigenvalue weighted by molar-refractivity contribution is 7.98. The summed E-state index contributed by atoms with van der Waals surface area (Å²) in [5.41, 5.74) is 5.98. The number of rotatable bonds is 6. The van der Waals surface area contributed by atoms with Gasteiger partial charge in [-0.1, -0.05) is 19.3 Å². The normalized spacial score (nSPS) is 19.0. The molecule has 0 aromatic rings. The van der Waals surface area contributed by atoms with Gasteiger partial charge in [-0.25, -0.2) is 0 Å². The maximum absolute atomic E-state index is 12.3. The molecule has 1 atom stereocenters. The summed E-state index contributed by atoms with van der Waals surface area (Å²) in [6, 6.07) is 0.144. The largest absolute Gasteiger partial charge is 0.339 e. The molecule has 100 valence electrons. The minimum atomic E-state index is -0.302. The van der Waals surface area contributed by atoms with Crippen molar-refractivity contribution in [1.29, 1.82) is 0 Å². The molecule has 1 aliphatic carbocycles. The molecule has 0 saturated heterocycles. The first-order valence-corrected chi connectivity index (χ1v) is 8.15. The van der Waals surface area contributed by atoms with Crippen LogP contribution in [0.25, 0.3) is 0 Å². The molecule has 0 aromatic carbocycles. The SMILES string of the molecule is CCN(C(=O)[C@H](N)CCSC)C1CCCCC1. The van der Waals surface area contributed by atoms with Gasteiger partial charge in [-0.15, -0.1) is 0 Å². The summed E-state index contributed by atoms with van der Waals surface area (Å²) < 4.78 is 0. The van der Waals surface area contributed by atoms with Crippen molar-refractivity contribution >= 4 is 17.7 Å². The van der Waals surface area contributed by atoms with Crippen molar-refractivity contribution in [2.45, 2.75) is 57.5 Å². The number of amides is 1. The van der Waals surface area contributed by atoms with Gasteiger partial charge >= 0.3 is 0 Å². The molecule has 0 unspecified atom stereocenters. The zero-order valence-corrected chi connectivity index (χ0v) is 12.0. The molecule has 1 rings (SSSR count). The lowest BCUT2D eigenvalue weighted by molar-refractivity contribution is -0.135. The molecule has 1 saturated carbocycles. The predicted molar refractivity (Wildman–Crippen MR) is 75.2 cm³/mol. The zero-order chi connectivity index (χ0) is 12.7. The third-order valence-corrected chi connectivity index (χ3v) is 4.23. The lowest BCUT2D eigenvalue weighted by Crippen LogP contribution is -2.49. The topological polar surface area (TPSA) is 46.3 Å². The predicted octanol–water partition coefficient (Wildman–Crippen LogP) is 2.25. The Morgan fingerprint density at radius 1 is 1.41 bits per heavy atom. The average Bonchev–Trinajstić information content (AvgIpc) is 2.38. The summed E-state index contributed by atoms with van der Waals surface area (Å²) >= 11 is 1.75. The van der Waals surface area contributed by atoms with Gasteiger partial charge in [-0.2, -0.15) is 11.8 Å². The van der Waals surface area contributed by atoms with Crippen molar-refractivity contribution in [1.82, 2.24) is 4.90 Å². The summed E-state index contributed by atoms with van der Waals surface area (Å²) in [7, 11) is 0. The van der Waals surface area contributed by atoms with Crippen LogP contribution < -0.4 is 5.73 Å². The quantitative estimate of drug-likeness (QED) is 0.795. The van der Waals surface area contributed by atoms with Crippen molar-refractivity contribution < 1.29 is 4.79 Å². The smallest absolute Gasteiger partial charge is 0.239 e. The van der Waals surface area contributed by atoms with E-state index in [4.69, 9.17) is 5.73 Å². The molecule has 0 bridgehead atoms. The van der Waals surface area contributed by atoms with Crippen molar-refractivity contribution in [2.24, 2.45) is 5.73 Å². The minimum Gasteiger partial charge on any atom is -0.339 e. The van der Waals surface area contributed by atoms with Gasteiger partial charge in [0.1, 0.15) is 0 Å². The lowest BCUT2D eigenvalue weighted by Gasteiger charge is -2.35. The molecule has 1 amide bonds. The van der Waals surface area contributed by atoms with E-state index in [1.807, 2.05) is 4.90 Å². The summed E-state index contributed by atoms with van der Waals surface area (Å²) in [6.45, 7) is 2.87. The van der Waals surface area contributed by atoms with Crippen LogP contribution in [0.1, 0.15) is 45.4 Å². The van der Waals surface area contributed by atoms with Crippen LogP contribution in [0.5, 0.6) is 0 Å². The van der Waals surface area contributed by atoms with Crippen LogP contribution in [0.3, 0.4) is 0 Å². The molecule has 0 aliphatic heterocycles. The summed E-state index contributed by atoms with van der Waals surface area (Å²) in [5, 5.41) is 0. The molecule has 0 spiro atoms. The van der Waals surface area contributed by atoms with E-state index in [1.165, 1.54) is 19.3 Å². The Labute approximate surface area is 109 Å². The fourth-order valence-electron chi connectivity index (χ4n) is 2.57. The van der Waals surface area contributed by atoms with E-state index in [9.17, 15) is 4.79 Å². The van der Waals surface area contributed by atoms with Crippen LogP contribution in [0.2, 0.25) is 0 Å². The van der Waals surface area contributed by atoms with E-state index in [0.717, 1.165) is 31.6 Å². The molecular formula is C13H26N2OS. The summed E-state index contributed by atoms with van der Waals surface area (Å²) in [5.74, 6) is 1.13. The highest BCUT2D eigenvalue weighted by Gasteiger charge is 2.27. The van der Waals surface area contributed by atoms with Crippen LogP contribution >= 0.6 is 11.8 Å². The van der Waals surface area contributed by atoms with E-state index in [0.29, 0.717) is 6.04 Å². The van der Waals surface area contributed by atoms with Crippen LogP contribution in [0.4, 0.5) is 0 Å². The van der Waals surface area contributed by atoms with Gasteiger partial charge in [-0.05, 0) is 38.2 Å². The molecule has 2 N–H and O–H groups in total. The first kappa shape index (κ1) is 14.8. The Bertz CT molecular complexity index is 229. The third-order valence-electron chi connectivity index (χ3n) is 3.59. The van der Waals surface area contributed by atoms with Crippen LogP contribution in [-0.2, 0) is 4.79 Å².